The van der Waals surface area contributed by atoms with Crippen LogP contribution in [0.5, 0.6) is 5.75 Å². The highest BCUT2D eigenvalue weighted by Crippen LogP contribution is 2.33. The van der Waals surface area contributed by atoms with Gasteiger partial charge >= 0.3 is 0 Å². The van der Waals surface area contributed by atoms with Gasteiger partial charge in [-0.3, -0.25) is 0 Å². The van der Waals surface area contributed by atoms with Gasteiger partial charge in [-0.15, -0.1) is 0 Å². The largest absolute Gasteiger partial charge is 0.492 e. The van der Waals surface area contributed by atoms with Gasteiger partial charge in [0.05, 0.1) is 18.5 Å². The topological polar surface area (TPSA) is 38.5 Å². The van der Waals surface area contributed by atoms with E-state index in [2.05, 4.69) is 0 Å². The van der Waals surface area contributed by atoms with Crippen molar-refractivity contribution in [3.63, 3.8) is 0 Å². The number of anilines is 2. The molecule has 0 aliphatic carbocycles. The molecule has 1 rings (SSSR count). The SMILES string of the molecule is COc1c(N)cc(F)cc1N(C)C. The number of halogens is 1. The number of rotatable bonds is 2. The Labute approximate surface area is 76.9 Å². The summed E-state index contributed by atoms with van der Waals surface area (Å²) < 4.78 is 18.0. The van der Waals surface area contributed by atoms with Crippen LogP contribution in [0.3, 0.4) is 0 Å². The van der Waals surface area contributed by atoms with Crippen molar-refractivity contribution in [1.82, 2.24) is 0 Å². The third kappa shape index (κ3) is 1.83. The van der Waals surface area contributed by atoms with Crippen LogP contribution in [0, 0.1) is 5.82 Å². The lowest BCUT2D eigenvalue weighted by Gasteiger charge is -2.17. The first-order valence-electron chi connectivity index (χ1n) is 3.86. The maximum absolute atomic E-state index is 12.9. The van der Waals surface area contributed by atoms with E-state index in [0.717, 1.165) is 0 Å². The maximum Gasteiger partial charge on any atom is 0.165 e. The molecule has 0 atom stereocenters. The lowest BCUT2D eigenvalue weighted by molar-refractivity contribution is 0.416. The molecule has 1 aromatic rings. The molecule has 1 aromatic carbocycles. The quantitative estimate of drug-likeness (QED) is 0.707. The number of ether oxygens (including phenoxy) is 1. The highest BCUT2D eigenvalue weighted by molar-refractivity contribution is 5.70. The van der Waals surface area contributed by atoms with Crippen molar-refractivity contribution in [2.45, 2.75) is 0 Å². The predicted molar refractivity (Wildman–Crippen MR) is 51.7 cm³/mol. The Morgan fingerprint density at radius 3 is 2.46 bits per heavy atom. The summed E-state index contributed by atoms with van der Waals surface area (Å²) in [4.78, 5) is 1.75. The third-order valence-electron chi connectivity index (χ3n) is 1.75. The van der Waals surface area contributed by atoms with Crippen LogP contribution in [0.4, 0.5) is 15.8 Å². The molecule has 0 saturated heterocycles. The second-order valence-corrected chi connectivity index (χ2v) is 2.94. The van der Waals surface area contributed by atoms with Gasteiger partial charge in [-0.1, -0.05) is 0 Å². The number of nitrogens with zero attached hydrogens (tertiary/aromatic N) is 1. The fourth-order valence-electron chi connectivity index (χ4n) is 1.15. The molecule has 0 saturated carbocycles. The summed E-state index contributed by atoms with van der Waals surface area (Å²) in [6, 6.07) is 2.63. The number of hydrogen-bond acceptors (Lipinski definition) is 3. The normalized spacial score (nSPS) is 9.85. The molecule has 0 spiro atoms. The molecule has 72 valence electrons. The van der Waals surface area contributed by atoms with Gasteiger partial charge in [-0.05, 0) is 0 Å². The molecule has 0 aromatic heterocycles. The monoisotopic (exact) mass is 184 g/mol. The summed E-state index contributed by atoms with van der Waals surface area (Å²) in [5, 5.41) is 0. The Hall–Kier alpha value is -1.45. The van der Waals surface area contributed by atoms with Crippen LogP contribution in [-0.4, -0.2) is 21.2 Å². The van der Waals surface area contributed by atoms with E-state index in [4.69, 9.17) is 10.5 Å². The van der Waals surface area contributed by atoms with Crippen molar-refractivity contribution < 1.29 is 9.13 Å². The summed E-state index contributed by atoms with van der Waals surface area (Å²) in [5.74, 6) is 0.147. The molecule has 0 radical (unpaired) electrons. The van der Waals surface area contributed by atoms with E-state index >= 15 is 0 Å². The van der Waals surface area contributed by atoms with Gasteiger partial charge in [0, 0.05) is 26.2 Å². The van der Waals surface area contributed by atoms with Gasteiger partial charge < -0.3 is 15.4 Å². The van der Waals surface area contributed by atoms with E-state index in [1.165, 1.54) is 19.2 Å². The molecule has 0 amide bonds. The van der Waals surface area contributed by atoms with E-state index in [1.54, 1.807) is 19.0 Å². The number of benzene rings is 1. The molecule has 0 unspecified atom stereocenters. The minimum absolute atomic E-state index is 0.311. The smallest absolute Gasteiger partial charge is 0.165 e. The van der Waals surface area contributed by atoms with Gasteiger partial charge in [-0.25, -0.2) is 4.39 Å². The second-order valence-electron chi connectivity index (χ2n) is 2.94. The lowest BCUT2D eigenvalue weighted by Crippen LogP contribution is -2.11. The van der Waals surface area contributed by atoms with Crippen LogP contribution in [-0.2, 0) is 0 Å². The number of hydrogen-bond donors (Lipinski definition) is 1. The molecule has 3 nitrogen and oxygen atoms in total. The van der Waals surface area contributed by atoms with Crippen molar-refractivity contribution in [3.05, 3.63) is 17.9 Å². The van der Waals surface area contributed by atoms with E-state index in [9.17, 15) is 4.39 Å². The molecule has 0 fully saturated rings. The van der Waals surface area contributed by atoms with E-state index < -0.39 is 0 Å². The lowest BCUT2D eigenvalue weighted by atomic mass is 10.2. The van der Waals surface area contributed by atoms with Gasteiger partial charge in [-0.2, -0.15) is 0 Å². The molecule has 0 aliphatic rings. The minimum atomic E-state index is -0.359. The minimum Gasteiger partial charge on any atom is -0.492 e. The van der Waals surface area contributed by atoms with Gasteiger partial charge in [0.1, 0.15) is 5.82 Å². The van der Waals surface area contributed by atoms with Crippen LogP contribution in [0.25, 0.3) is 0 Å². The fourth-order valence-corrected chi connectivity index (χ4v) is 1.15. The number of methoxy groups -OCH3 is 1. The van der Waals surface area contributed by atoms with Crippen LogP contribution in [0.2, 0.25) is 0 Å². The molecule has 0 aliphatic heterocycles. The Morgan fingerprint density at radius 2 is 2.00 bits per heavy atom. The van der Waals surface area contributed by atoms with Crippen LogP contribution in [0.1, 0.15) is 0 Å². The molecule has 0 heterocycles. The Bertz CT molecular complexity index is 313. The maximum atomic E-state index is 12.9. The summed E-state index contributed by atoms with van der Waals surface area (Å²) in [6.07, 6.45) is 0. The second kappa shape index (κ2) is 3.51. The number of nitrogen functional groups attached to an aromatic ring is 1. The average Bonchev–Trinajstić information content (AvgIpc) is 2.02. The zero-order chi connectivity index (χ0) is 10.0. The highest BCUT2D eigenvalue weighted by atomic mass is 19.1. The van der Waals surface area contributed by atoms with Crippen LogP contribution < -0.4 is 15.4 Å². The molecule has 2 N–H and O–H groups in total. The first-order valence-corrected chi connectivity index (χ1v) is 3.86. The summed E-state index contributed by atoms with van der Waals surface area (Å²) >= 11 is 0. The predicted octanol–water partition coefficient (Wildman–Crippen LogP) is 1.48. The standard InChI is InChI=1S/C9H13FN2O/c1-12(2)8-5-6(10)4-7(11)9(8)13-3/h4-5H,11H2,1-3H3. The fraction of sp³-hybridized carbons (Fsp3) is 0.333. The highest BCUT2D eigenvalue weighted by Gasteiger charge is 2.10. The zero-order valence-electron chi connectivity index (χ0n) is 7.97. The zero-order valence-corrected chi connectivity index (χ0v) is 7.97. The van der Waals surface area contributed by atoms with Crippen molar-refractivity contribution in [3.8, 4) is 5.75 Å². The first kappa shape index (κ1) is 9.64. The van der Waals surface area contributed by atoms with Crippen molar-refractivity contribution in [1.29, 1.82) is 0 Å². The molecule has 13 heavy (non-hydrogen) atoms. The van der Waals surface area contributed by atoms with Crippen molar-refractivity contribution >= 4 is 11.4 Å². The molecule has 4 heteroatoms. The van der Waals surface area contributed by atoms with Crippen molar-refractivity contribution in [2.75, 3.05) is 31.8 Å². The van der Waals surface area contributed by atoms with Gasteiger partial charge in [0.25, 0.3) is 0 Å². The summed E-state index contributed by atoms with van der Waals surface area (Å²) in [5.41, 5.74) is 6.53. The number of nitrogens with two attached hydrogens (primary N) is 1. The van der Waals surface area contributed by atoms with E-state index in [0.29, 0.717) is 17.1 Å². The summed E-state index contributed by atoms with van der Waals surface area (Å²) in [6.45, 7) is 0. The van der Waals surface area contributed by atoms with Crippen LogP contribution in [0.15, 0.2) is 12.1 Å². The Balaban J connectivity index is 3.29. The summed E-state index contributed by atoms with van der Waals surface area (Å²) in [7, 11) is 5.12. The Kier molecular flexibility index (Phi) is 2.60. The third-order valence-corrected chi connectivity index (χ3v) is 1.75. The van der Waals surface area contributed by atoms with Gasteiger partial charge in [0.15, 0.2) is 5.75 Å². The molecular formula is C9H13FN2O. The van der Waals surface area contributed by atoms with E-state index in [-0.39, 0.29) is 5.82 Å². The van der Waals surface area contributed by atoms with E-state index in [1.807, 2.05) is 0 Å². The van der Waals surface area contributed by atoms with Crippen molar-refractivity contribution in [2.24, 2.45) is 0 Å². The van der Waals surface area contributed by atoms with Crippen LogP contribution >= 0.6 is 0 Å². The molecule has 0 bridgehead atoms. The first-order chi connectivity index (χ1) is 6.06. The Morgan fingerprint density at radius 1 is 1.38 bits per heavy atom. The van der Waals surface area contributed by atoms with Gasteiger partial charge in [0.2, 0.25) is 0 Å². The average molecular weight is 184 g/mol. The molecular weight excluding hydrogens is 171 g/mol.